The Morgan fingerprint density at radius 1 is 0.522 bits per heavy atom. The molecule has 9 rings (SSSR count). The van der Waals surface area contributed by atoms with E-state index in [0.717, 1.165) is 50.8 Å². The fraction of sp³-hybridized carbons (Fsp3) is 0.304. The zero-order chi connectivity index (χ0) is 47.3. The van der Waals surface area contributed by atoms with Gasteiger partial charge in [-0.05, 0) is 59.7 Å². The third-order valence-electron chi connectivity index (χ3n) is 12.5. The van der Waals surface area contributed by atoms with Crippen molar-refractivity contribution in [2.45, 2.75) is 18.8 Å². The summed E-state index contributed by atoms with van der Waals surface area (Å²) in [7, 11) is 6.00. The van der Waals surface area contributed by atoms with Gasteiger partial charge in [0.25, 0.3) is 0 Å². The lowest BCUT2D eigenvalue weighted by atomic mass is 9.76. The van der Waals surface area contributed by atoms with Gasteiger partial charge in [-0.2, -0.15) is 4.57 Å². The second kappa shape index (κ2) is 23.1. The van der Waals surface area contributed by atoms with E-state index in [1.807, 2.05) is 30.5 Å². The summed E-state index contributed by atoms with van der Waals surface area (Å²) in [5.74, 6) is 1.58. The predicted molar refractivity (Wildman–Crippen MR) is 266 cm³/mol. The molecule has 13 heteroatoms. The van der Waals surface area contributed by atoms with Crippen molar-refractivity contribution in [3.63, 3.8) is 0 Å². The molecule has 0 bridgehead atoms. The van der Waals surface area contributed by atoms with Crippen LogP contribution in [0.4, 0.5) is 11.4 Å². The molecular formula is C56H60N5O8+. The van der Waals surface area contributed by atoms with Gasteiger partial charge in [0, 0.05) is 54.4 Å². The molecule has 8 aromatic rings. The van der Waals surface area contributed by atoms with Crippen molar-refractivity contribution >= 4 is 33.2 Å². The number of methoxy groups -OCH3 is 1. The first-order chi connectivity index (χ1) is 34.0. The molecule has 0 amide bonds. The monoisotopic (exact) mass is 930 g/mol. The zero-order valence-electron chi connectivity index (χ0n) is 39.6. The largest absolute Gasteiger partial charge is 0.491 e. The molecule has 3 heterocycles. The Morgan fingerprint density at radius 2 is 1.00 bits per heavy atom. The summed E-state index contributed by atoms with van der Waals surface area (Å²) < 4.78 is 51.0. The number of fused-ring (bicyclic) bond motifs is 4. The van der Waals surface area contributed by atoms with Gasteiger partial charge in [-0.25, -0.2) is 4.68 Å². The minimum atomic E-state index is -0.744. The lowest BCUT2D eigenvalue weighted by Gasteiger charge is -2.43. The quantitative estimate of drug-likeness (QED) is 0.0312. The third-order valence-corrected chi connectivity index (χ3v) is 12.5. The Balaban J connectivity index is 0.588. The molecule has 2 aromatic heterocycles. The first-order valence-electron chi connectivity index (χ1n) is 23.6. The van der Waals surface area contributed by atoms with Crippen LogP contribution in [-0.4, -0.2) is 102 Å². The third kappa shape index (κ3) is 10.8. The molecule has 0 atom stereocenters. The molecule has 0 aliphatic carbocycles. The summed E-state index contributed by atoms with van der Waals surface area (Å²) in [5, 5.41) is 10.8. The predicted octanol–water partition coefficient (Wildman–Crippen LogP) is 8.84. The highest BCUT2D eigenvalue weighted by Gasteiger charge is 2.44. The molecule has 0 unspecified atom stereocenters. The number of ether oxygens (including phenoxy) is 8. The smallest absolute Gasteiger partial charge is 0.213 e. The van der Waals surface area contributed by atoms with Gasteiger partial charge in [-0.3, -0.25) is 0 Å². The number of aromatic nitrogens is 4. The lowest BCUT2D eigenvalue weighted by molar-refractivity contribution is -0.617. The number of para-hydroxylation sites is 4. The van der Waals surface area contributed by atoms with Crippen LogP contribution in [0.25, 0.3) is 32.9 Å². The fourth-order valence-corrected chi connectivity index (χ4v) is 9.14. The molecule has 356 valence electrons. The molecule has 1 aliphatic rings. The fourth-order valence-electron chi connectivity index (χ4n) is 9.14. The van der Waals surface area contributed by atoms with Crippen molar-refractivity contribution in [2.75, 3.05) is 91.7 Å². The second-order valence-corrected chi connectivity index (χ2v) is 16.7. The van der Waals surface area contributed by atoms with Crippen LogP contribution in [0.1, 0.15) is 22.4 Å². The molecular weight excluding hydrogens is 871 g/mol. The maximum atomic E-state index is 6.43. The number of benzene rings is 6. The molecule has 0 saturated carbocycles. The van der Waals surface area contributed by atoms with E-state index in [9.17, 15) is 0 Å². The maximum absolute atomic E-state index is 6.43. The van der Waals surface area contributed by atoms with Gasteiger partial charge < -0.3 is 42.8 Å². The molecule has 0 radical (unpaired) electrons. The first kappa shape index (κ1) is 47.4. The molecule has 0 saturated heterocycles. The first-order valence-corrected chi connectivity index (χ1v) is 23.6. The van der Waals surface area contributed by atoms with Crippen molar-refractivity contribution in [3.8, 4) is 22.6 Å². The second-order valence-electron chi connectivity index (χ2n) is 16.7. The molecule has 6 aromatic carbocycles. The Bertz CT molecular complexity index is 2800. The van der Waals surface area contributed by atoms with Crippen LogP contribution < -0.4 is 18.9 Å². The van der Waals surface area contributed by atoms with E-state index in [-0.39, 0.29) is 0 Å². The molecule has 0 spiro atoms. The van der Waals surface area contributed by atoms with Gasteiger partial charge in [0.2, 0.25) is 11.0 Å². The van der Waals surface area contributed by atoms with Crippen LogP contribution in [0.5, 0.6) is 11.5 Å². The van der Waals surface area contributed by atoms with Crippen molar-refractivity contribution in [1.29, 1.82) is 0 Å². The van der Waals surface area contributed by atoms with Crippen LogP contribution in [0.3, 0.4) is 0 Å². The number of anilines is 2. The Hall–Kier alpha value is -6.71. The van der Waals surface area contributed by atoms with Gasteiger partial charge >= 0.3 is 0 Å². The summed E-state index contributed by atoms with van der Waals surface area (Å²) in [6.45, 7) is 5.99. The van der Waals surface area contributed by atoms with Gasteiger partial charge in [0.1, 0.15) is 43.1 Å². The molecule has 69 heavy (non-hydrogen) atoms. The SMILES string of the molecule is COC1(c2ccc(OCCOCCOCCOCc3cn(CCOCCOCCOc4ccc(-c5c6ccccc6[n+](C)c6ccccc56)cc4)nn3)cc2)c2ccccc2N(C)c2ccccc21. The Labute approximate surface area is 403 Å². The number of pyridine rings is 1. The maximum Gasteiger partial charge on any atom is 0.213 e. The van der Waals surface area contributed by atoms with Crippen LogP contribution in [0.2, 0.25) is 0 Å². The number of aryl methyl sites for hydroxylation is 1. The molecule has 1 aliphatic heterocycles. The summed E-state index contributed by atoms with van der Waals surface area (Å²) in [6.07, 6.45) is 1.86. The van der Waals surface area contributed by atoms with Crippen LogP contribution in [-0.2, 0) is 54.2 Å². The standard InChI is InChI=1S/C56H60N5O8/c1-59-51-16-8-4-12-47(51)55(48-13-5-9-17-52(48)59)42-20-24-45(25-21-42)68-38-36-65-31-30-63-29-28-61-40-44(57-58-61)41-67-35-34-64-32-33-66-37-39-69-46-26-22-43(23-27-46)56(62-3)49-14-6-10-18-53(49)60(2)54-19-11-7-15-50(54)56/h4-27,40H,28-39,41H2,1-3H3/q+1. The van der Waals surface area contributed by atoms with E-state index < -0.39 is 5.60 Å². The van der Waals surface area contributed by atoms with Gasteiger partial charge in [-0.1, -0.05) is 90.1 Å². The highest BCUT2D eigenvalue weighted by molar-refractivity contribution is 6.07. The average molecular weight is 931 g/mol. The Kier molecular flexibility index (Phi) is 15.8. The average Bonchev–Trinajstić information content (AvgIpc) is 3.86. The number of hydrogen-bond acceptors (Lipinski definition) is 11. The zero-order valence-corrected chi connectivity index (χ0v) is 39.6. The molecule has 0 N–H and O–H groups in total. The summed E-state index contributed by atoms with van der Waals surface area (Å²) in [4.78, 5) is 2.22. The van der Waals surface area contributed by atoms with E-state index in [2.05, 4.69) is 155 Å². The minimum absolute atomic E-state index is 0.351. The normalized spacial score (nSPS) is 12.9. The van der Waals surface area contributed by atoms with Gasteiger partial charge in [-0.15, -0.1) is 5.10 Å². The number of hydrogen-bond donors (Lipinski definition) is 0. The minimum Gasteiger partial charge on any atom is -0.491 e. The summed E-state index contributed by atoms with van der Waals surface area (Å²) in [5.41, 5.74) is 10.2. The van der Waals surface area contributed by atoms with Gasteiger partial charge in [0.05, 0.1) is 89.6 Å². The van der Waals surface area contributed by atoms with Gasteiger partial charge in [0.15, 0.2) is 0 Å². The van der Waals surface area contributed by atoms with E-state index in [4.69, 9.17) is 37.9 Å². The van der Waals surface area contributed by atoms with Crippen LogP contribution >= 0.6 is 0 Å². The van der Waals surface area contributed by atoms with Crippen LogP contribution in [0, 0.1) is 0 Å². The van der Waals surface area contributed by atoms with E-state index in [0.29, 0.717) is 85.8 Å². The lowest BCUT2D eigenvalue weighted by Crippen LogP contribution is -2.38. The van der Waals surface area contributed by atoms with Crippen molar-refractivity contribution < 1.29 is 42.5 Å². The highest BCUT2D eigenvalue weighted by atomic mass is 16.6. The van der Waals surface area contributed by atoms with E-state index in [1.54, 1.807) is 11.8 Å². The van der Waals surface area contributed by atoms with Crippen molar-refractivity contribution in [2.24, 2.45) is 7.05 Å². The van der Waals surface area contributed by atoms with Crippen molar-refractivity contribution in [3.05, 3.63) is 174 Å². The topological polar surface area (TPSA) is 112 Å². The van der Waals surface area contributed by atoms with Crippen molar-refractivity contribution in [1.82, 2.24) is 15.0 Å². The molecule has 13 nitrogen and oxygen atoms in total. The Morgan fingerprint density at radius 3 is 1.57 bits per heavy atom. The van der Waals surface area contributed by atoms with Crippen LogP contribution in [0.15, 0.2) is 152 Å². The van der Waals surface area contributed by atoms with E-state index in [1.165, 1.54) is 27.4 Å². The molecule has 0 fully saturated rings. The van der Waals surface area contributed by atoms with E-state index >= 15 is 0 Å². The number of nitrogens with zero attached hydrogens (tertiary/aromatic N) is 5. The summed E-state index contributed by atoms with van der Waals surface area (Å²) >= 11 is 0. The number of rotatable bonds is 25. The highest BCUT2D eigenvalue weighted by Crippen LogP contribution is 2.52. The summed E-state index contributed by atoms with van der Waals surface area (Å²) in [6, 6.07) is 50.3.